The lowest BCUT2D eigenvalue weighted by Crippen LogP contribution is -1.98. The Kier molecular flexibility index (Phi) is 6.48. The number of hydrogen-bond donors (Lipinski definition) is 1. The third-order valence-electron chi connectivity index (χ3n) is 0.839. The third-order valence-corrected chi connectivity index (χ3v) is 1.11. The van der Waals surface area contributed by atoms with Crippen LogP contribution in [0.3, 0.4) is 0 Å². The van der Waals surface area contributed by atoms with Gasteiger partial charge in [-0.3, -0.25) is 0 Å². The Labute approximate surface area is 60.8 Å². The van der Waals surface area contributed by atoms with Gasteiger partial charge in [-0.25, -0.2) is 0 Å². The summed E-state index contributed by atoms with van der Waals surface area (Å²) in [4.78, 5) is 0. The van der Waals surface area contributed by atoms with Gasteiger partial charge in [-0.15, -0.1) is 11.6 Å². The molecule has 0 aromatic heterocycles. The molecule has 0 aromatic carbocycles. The van der Waals surface area contributed by atoms with Gasteiger partial charge in [0, 0.05) is 5.88 Å². The van der Waals surface area contributed by atoms with E-state index in [4.69, 9.17) is 21.4 Å². The van der Waals surface area contributed by atoms with Crippen LogP contribution in [0.1, 0.15) is 19.8 Å². The molecule has 0 amide bonds. The normalized spacial score (nSPS) is 10.7. The lowest BCUT2D eigenvalue weighted by molar-refractivity contribution is 0.0138. The van der Waals surface area contributed by atoms with E-state index in [0.29, 0.717) is 12.5 Å². The lowest BCUT2D eigenvalue weighted by Gasteiger charge is -2.02. The topological polar surface area (TPSA) is 29.5 Å². The second-order valence-electron chi connectivity index (χ2n) is 1.76. The van der Waals surface area contributed by atoms with Crippen LogP contribution in [0.25, 0.3) is 0 Å². The van der Waals surface area contributed by atoms with Gasteiger partial charge in [0.2, 0.25) is 6.29 Å². The SMILES string of the molecule is C[C](O)OCCCCCl. The summed E-state index contributed by atoms with van der Waals surface area (Å²) in [6, 6.07) is 0. The molecule has 3 heteroatoms. The van der Waals surface area contributed by atoms with Gasteiger partial charge in [-0.2, -0.15) is 0 Å². The molecule has 0 aliphatic carbocycles. The summed E-state index contributed by atoms with van der Waals surface area (Å²) in [5.74, 6) is 0.661. The van der Waals surface area contributed by atoms with Gasteiger partial charge in [0.15, 0.2) is 0 Å². The summed E-state index contributed by atoms with van der Waals surface area (Å²) >= 11 is 5.39. The molecule has 0 unspecified atom stereocenters. The van der Waals surface area contributed by atoms with Crippen LogP contribution < -0.4 is 0 Å². The molecule has 0 fully saturated rings. The fraction of sp³-hybridized carbons (Fsp3) is 0.833. The van der Waals surface area contributed by atoms with Crippen LogP contribution in [-0.2, 0) is 4.74 Å². The van der Waals surface area contributed by atoms with Gasteiger partial charge in [0.1, 0.15) is 0 Å². The summed E-state index contributed by atoms with van der Waals surface area (Å²) in [5, 5.41) is 8.51. The van der Waals surface area contributed by atoms with Crippen molar-refractivity contribution < 1.29 is 9.84 Å². The Balaban J connectivity index is 2.75. The molecule has 9 heavy (non-hydrogen) atoms. The van der Waals surface area contributed by atoms with E-state index in [-0.39, 0.29) is 6.29 Å². The van der Waals surface area contributed by atoms with Crippen LogP contribution in [0.5, 0.6) is 0 Å². The van der Waals surface area contributed by atoms with Crippen LogP contribution in [0.4, 0.5) is 0 Å². The second-order valence-corrected chi connectivity index (χ2v) is 2.14. The Bertz CT molecular complexity index is 57.0. The van der Waals surface area contributed by atoms with Crippen LogP contribution >= 0.6 is 11.6 Å². The highest BCUT2D eigenvalue weighted by Crippen LogP contribution is 1.97. The van der Waals surface area contributed by atoms with Crippen LogP contribution in [-0.4, -0.2) is 17.6 Å². The lowest BCUT2D eigenvalue weighted by atomic mass is 10.4. The fourth-order valence-electron chi connectivity index (χ4n) is 0.416. The molecule has 1 radical (unpaired) electrons. The minimum atomic E-state index is 0.0320. The number of hydrogen-bond acceptors (Lipinski definition) is 2. The van der Waals surface area contributed by atoms with Crippen molar-refractivity contribution in [2.24, 2.45) is 0 Å². The zero-order valence-corrected chi connectivity index (χ0v) is 6.32. The number of unbranched alkanes of at least 4 members (excludes halogenated alkanes) is 1. The molecule has 0 saturated carbocycles. The molecule has 2 nitrogen and oxygen atoms in total. The molecule has 55 valence electrons. The van der Waals surface area contributed by atoms with Gasteiger partial charge in [-0.05, 0) is 19.8 Å². The number of alkyl halides is 1. The van der Waals surface area contributed by atoms with E-state index in [0.717, 1.165) is 12.8 Å². The third kappa shape index (κ3) is 8.21. The van der Waals surface area contributed by atoms with Crippen molar-refractivity contribution in [3.63, 3.8) is 0 Å². The highest BCUT2D eigenvalue weighted by atomic mass is 35.5. The molecule has 0 spiro atoms. The van der Waals surface area contributed by atoms with Crippen molar-refractivity contribution in [2.75, 3.05) is 12.5 Å². The van der Waals surface area contributed by atoms with Crippen LogP contribution in [0.2, 0.25) is 0 Å². The molecule has 0 saturated heterocycles. The Morgan fingerprint density at radius 3 is 2.67 bits per heavy atom. The first-order valence-electron chi connectivity index (χ1n) is 2.98. The number of rotatable bonds is 5. The fourth-order valence-corrected chi connectivity index (χ4v) is 0.605. The summed E-state index contributed by atoms with van der Waals surface area (Å²) in [7, 11) is 0. The molecule has 0 aromatic rings. The van der Waals surface area contributed by atoms with Gasteiger partial charge < -0.3 is 9.84 Å². The Morgan fingerprint density at radius 2 is 2.22 bits per heavy atom. The highest BCUT2D eigenvalue weighted by Gasteiger charge is 1.94. The molecule has 0 atom stereocenters. The maximum absolute atomic E-state index is 8.51. The summed E-state index contributed by atoms with van der Waals surface area (Å²) in [6.45, 7) is 2.08. The predicted molar refractivity (Wildman–Crippen MR) is 36.8 cm³/mol. The molecule has 0 heterocycles. The number of aliphatic hydroxyl groups is 1. The largest absolute Gasteiger partial charge is 0.362 e. The summed E-state index contributed by atoms with van der Waals surface area (Å²) in [5.41, 5.74) is 0. The number of aliphatic hydroxyl groups excluding tert-OH is 1. The Hall–Kier alpha value is 0.210. The van der Waals surface area contributed by atoms with E-state index >= 15 is 0 Å². The molecule has 0 rings (SSSR count). The maximum atomic E-state index is 8.51. The monoisotopic (exact) mass is 151 g/mol. The first kappa shape index (κ1) is 9.21. The van der Waals surface area contributed by atoms with E-state index in [1.54, 1.807) is 0 Å². The minimum Gasteiger partial charge on any atom is -0.362 e. The first-order chi connectivity index (χ1) is 4.27. The maximum Gasteiger partial charge on any atom is 0.217 e. The summed E-state index contributed by atoms with van der Waals surface area (Å²) in [6.07, 6.45) is 1.88. The number of ether oxygens (including phenoxy) is 1. The smallest absolute Gasteiger partial charge is 0.217 e. The molecule has 0 bridgehead atoms. The van der Waals surface area contributed by atoms with Crippen molar-refractivity contribution in [1.29, 1.82) is 0 Å². The minimum absolute atomic E-state index is 0.0320. The first-order valence-corrected chi connectivity index (χ1v) is 3.52. The van der Waals surface area contributed by atoms with E-state index in [9.17, 15) is 0 Å². The van der Waals surface area contributed by atoms with Gasteiger partial charge in [0.25, 0.3) is 0 Å². The second kappa shape index (κ2) is 6.33. The molecule has 0 aliphatic rings. The van der Waals surface area contributed by atoms with Crippen molar-refractivity contribution in [3.05, 3.63) is 6.29 Å². The molecular formula is C6H12ClO2. The number of halogens is 1. The molecule has 0 aliphatic heterocycles. The zero-order chi connectivity index (χ0) is 7.11. The zero-order valence-electron chi connectivity index (χ0n) is 5.56. The quantitative estimate of drug-likeness (QED) is 0.481. The van der Waals surface area contributed by atoms with Crippen LogP contribution in [0.15, 0.2) is 0 Å². The van der Waals surface area contributed by atoms with E-state index in [1.807, 2.05) is 0 Å². The van der Waals surface area contributed by atoms with E-state index in [2.05, 4.69) is 0 Å². The van der Waals surface area contributed by atoms with Crippen molar-refractivity contribution >= 4 is 11.6 Å². The molecular weight excluding hydrogens is 140 g/mol. The highest BCUT2D eigenvalue weighted by molar-refractivity contribution is 6.17. The standard InChI is InChI=1S/C6H12ClO2/c1-6(8)9-5-3-2-4-7/h8H,2-5H2,1H3. The average molecular weight is 152 g/mol. The van der Waals surface area contributed by atoms with Gasteiger partial charge >= 0.3 is 0 Å². The van der Waals surface area contributed by atoms with E-state index in [1.165, 1.54) is 6.92 Å². The average Bonchev–Trinajstić information content (AvgIpc) is 1.80. The van der Waals surface area contributed by atoms with Gasteiger partial charge in [0.05, 0.1) is 6.61 Å². The summed E-state index contributed by atoms with van der Waals surface area (Å²) < 4.78 is 4.76. The van der Waals surface area contributed by atoms with Crippen molar-refractivity contribution in [1.82, 2.24) is 0 Å². The molecule has 1 N–H and O–H groups in total. The van der Waals surface area contributed by atoms with Gasteiger partial charge in [-0.1, -0.05) is 0 Å². The van der Waals surface area contributed by atoms with Crippen molar-refractivity contribution in [2.45, 2.75) is 19.8 Å². The Morgan fingerprint density at radius 1 is 1.56 bits per heavy atom. The van der Waals surface area contributed by atoms with Crippen LogP contribution in [0, 0.1) is 6.29 Å². The predicted octanol–water partition coefficient (Wildman–Crippen LogP) is 1.90. The van der Waals surface area contributed by atoms with Crippen molar-refractivity contribution in [3.8, 4) is 0 Å². The van der Waals surface area contributed by atoms with E-state index < -0.39 is 0 Å².